The van der Waals surface area contributed by atoms with Crippen molar-refractivity contribution >= 4 is 0 Å². The first-order chi connectivity index (χ1) is 8.18. The van der Waals surface area contributed by atoms with Gasteiger partial charge in [0.25, 0.3) is 0 Å². The van der Waals surface area contributed by atoms with Crippen LogP contribution in [0.25, 0.3) is 0 Å². The van der Waals surface area contributed by atoms with Crippen molar-refractivity contribution in [1.29, 1.82) is 0 Å². The van der Waals surface area contributed by atoms with Crippen LogP contribution in [0, 0.1) is 5.92 Å². The van der Waals surface area contributed by atoms with Crippen molar-refractivity contribution in [3.8, 4) is 0 Å². The fourth-order valence-corrected chi connectivity index (χ4v) is 1.48. The second-order valence-electron chi connectivity index (χ2n) is 4.95. The smallest absolute Gasteiger partial charge is 0 e. The fourth-order valence-electron chi connectivity index (χ4n) is 1.48. The molecule has 0 spiro atoms. The molecule has 0 aromatic heterocycles. The Hall–Kier alpha value is -0.0400. The minimum absolute atomic E-state index is 0. The molecule has 0 atom stereocenters. The second-order valence-corrected chi connectivity index (χ2v) is 4.95. The SMILES string of the molecule is CC.CCCCCC(C)C.CCCCCCC.O.[HH]. The molecule has 0 heterocycles. The van der Waals surface area contributed by atoms with E-state index >= 15 is 0 Å². The highest BCUT2D eigenvalue weighted by molar-refractivity contribution is 4.44. The molecule has 0 amide bonds. The van der Waals surface area contributed by atoms with Gasteiger partial charge < -0.3 is 5.48 Å². The van der Waals surface area contributed by atoms with E-state index in [9.17, 15) is 0 Å². The predicted octanol–water partition coefficient (Wildman–Crippen LogP) is 6.65. The molecule has 0 aromatic rings. The van der Waals surface area contributed by atoms with Gasteiger partial charge in [0.2, 0.25) is 0 Å². The summed E-state index contributed by atoms with van der Waals surface area (Å²) in [5.74, 6) is 0.904. The Bertz CT molecular complexity index is 91.3. The molecule has 1 heteroatoms. The van der Waals surface area contributed by atoms with Gasteiger partial charge in [0.05, 0.1) is 0 Å². The molecule has 0 fully saturated rings. The summed E-state index contributed by atoms with van der Waals surface area (Å²) in [5.41, 5.74) is 0. The second kappa shape index (κ2) is 30.2. The third-order valence-corrected chi connectivity index (χ3v) is 2.59. The van der Waals surface area contributed by atoms with Crippen molar-refractivity contribution in [2.24, 2.45) is 5.92 Å². The zero-order valence-electron chi connectivity index (χ0n) is 14.4. The molecular weight excluding hydrogens is 220 g/mol. The lowest BCUT2D eigenvalue weighted by Crippen LogP contribution is -1.85. The first-order valence-electron chi connectivity index (χ1n) is 8.18. The summed E-state index contributed by atoms with van der Waals surface area (Å²) in [6.07, 6.45) is 12.6. The van der Waals surface area contributed by atoms with E-state index in [0.717, 1.165) is 5.92 Å². The highest BCUT2D eigenvalue weighted by Gasteiger charge is 1.90. The van der Waals surface area contributed by atoms with Crippen molar-refractivity contribution in [1.82, 2.24) is 0 Å². The molecule has 2 N–H and O–H groups in total. The average molecular weight is 265 g/mol. The zero-order chi connectivity index (χ0) is 13.9. The molecule has 118 valence electrons. The molecule has 0 aliphatic heterocycles. The monoisotopic (exact) mass is 264 g/mol. The summed E-state index contributed by atoms with van der Waals surface area (Å²) >= 11 is 0. The Balaban J connectivity index is -0.0000000558. The van der Waals surface area contributed by atoms with Gasteiger partial charge in [-0.1, -0.05) is 106 Å². The summed E-state index contributed by atoms with van der Waals surface area (Å²) in [6.45, 7) is 15.3. The van der Waals surface area contributed by atoms with E-state index in [1.54, 1.807) is 0 Å². The molecule has 0 bridgehead atoms. The Kier molecular flexibility index (Phi) is 44.5. The van der Waals surface area contributed by atoms with Gasteiger partial charge in [-0.3, -0.25) is 0 Å². The third kappa shape index (κ3) is 44.5. The number of hydrogen-bond donors (Lipinski definition) is 0. The maximum atomic E-state index is 2.29. The molecule has 0 saturated carbocycles. The van der Waals surface area contributed by atoms with Gasteiger partial charge in [-0.25, -0.2) is 0 Å². The van der Waals surface area contributed by atoms with Crippen LogP contribution in [0.15, 0.2) is 0 Å². The van der Waals surface area contributed by atoms with Crippen LogP contribution in [0.1, 0.15) is 108 Å². The highest BCUT2D eigenvalue weighted by atomic mass is 16.0. The summed E-state index contributed by atoms with van der Waals surface area (Å²) in [4.78, 5) is 0. The first-order valence-corrected chi connectivity index (χ1v) is 8.18. The fraction of sp³-hybridized carbons (Fsp3) is 1.00. The van der Waals surface area contributed by atoms with Crippen molar-refractivity contribution < 1.29 is 6.90 Å². The first kappa shape index (κ1) is 26.5. The van der Waals surface area contributed by atoms with Crippen LogP contribution in [-0.2, 0) is 0 Å². The van der Waals surface area contributed by atoms with Crippen LogP contribution in [0.4, 0.5) is 0 Å². The Morgan fingerprint density at radius 2 is 1.00 bits per heavy atom. The largest absolute Gasteiger partial charge is 0.412 e. The molecule has 1 nitrogen and oxygen atoms in total. The van der Waals surface area contributed by atoms with Crippen LogP contribution < -0.4 is 0 Å². The lowest BCUT2D eigenvalue weighted by Gasteiger charge is -2.00. The Labute approximate surface area is 120 Å². The molecule has 18 heavy (non-hydrogen) atoms. The van der Waals surface area contributed by atoms with Crippen molar-refractivity contribution in [3.63, 3.8) is 0 Å². The van der Waals surface area contributed by atoms with Gasteiger partial charge in [-0.15, -0.1) is 0 Å². The quantitative estimate of drug-likeness (QED) is 0.440. The minimum Gasteiger partial charge on any atom is -0.412 e. The maximum Gasteiger partial charge on any atom is 0 e. The van der Waals surface area contributed by atoms with Gasteiger partial charge in [-0.05, 0) is 5.92 Å². The summed E-state index contributed by atoms with van der Waals surface area (Å²) in [5, 5.41) is 0. The predicted molar refractivity (Wildman–Crippen MR) is 90.5 cm³/mol. The Morgan fingerprint density at radius 3 is 1.28 bits per heavy atom. The normalized spacial score (nSPS) is 8.67. The van der Waals surface area contributed by atoms with Crippen molar-refractivity contribution in [3.05, 3.63) is 0 Å². The lowest BCUT2D eigenvalue weighted by molar-refractivity contribution is 0.534. The van der Waals surface area contributed by atoms with Crippen LogP contribution in [0.5, 0.6) is 0 Å². The van der Waals surface area contributed by atoms with Crippen LogP contribution in [0.3, 0.4) is 0 Å². The van der Waals surface area contributed by atoms with Crippen molar-refractivity contribution in [2.75, 3.05) is 0 Å². The van der Waals surface area contributed by atoms with Gasteiger partial charge in [-0.2, -0.15) is 0 Å². The van der Waals surface area contributed by atoms with Crippen molar-refractivity contribution in [2.45, 2.75) is 106 Å². The van der Waals surface area contributed by atoms with E-state index in [2.05, 4.69) is 34.6 Å². The van der Waals surface area contributed by atoms with E-state index in [1.807, 2.05) is 13.8 Å². The molecule has 0 aliphatic rings. The van der Waals surface area contributed by atoms with E-state index < -0.39 is 0 Å². The van der Waals surface area contributed by atoms with E-state index in [4.69, 9.17) is 0 Å². The van der Waals surface area contributed by atoms with Crippen LogP contribution >= 0.6 is 0 Å². The van der Waals surface area contributed by atoms with Crippen LogP contribution in [0.2, 0.25) is 0 Å². The molecule has 0 saturated heterocycles. The summed E-state index contributed by atoms with van der Waals surface area (Å²) in [6, 6.07) is 0. The topological polar surface area (TPSA) is 31.5 Å². The van der Waals surface area contributed by atoms with Gasteiger partial charge >= 0.3 is 0 Å². The average Bonchev–Trinajstić information content (AvgIpc) is 2.33. The van der Waals surface area contributed by atoms with Gasteiger partial charge in [0, 0.05) is 1.43 Å². The molecule has 0 unspecified atom stereocenters. The van der Waals surface area contributed by atoms with E-state index in [-0.39, 0.29) is 6.90 Å². The van der Waals surface area contributed by atoms with E-state index in [1.165, 1.54) is 57.8 Å². The third-order valence-electron chi connectivity index (χ3n) is 2.59. The van der Waals surface area contributed by atoms with Gasteiger partial charge in [0.1, 0.15) is 0 Å². The highest BCUT2D eigenvalue weighted by Crippen LogP contribution is 2.06. The van der Waals surface area contributed by atoms with E-state index in [0.29, 0.717) is 0 Å². The molecule has 0 aromatic carbocycles. The van der Waals surface area contributed by atoms with Crippen LogP contribution in [-0.4, -0.2) is 5.48 Å². The molecular formula is C17H44O. The maximum absolute atomic E-state index is 2.29. The standard InChI is InChI=1S/C8H18.C7H16.C2H6.H2O.H2/c1-4-5-6-7-8(2)3;1-3-5-7-6-4-2;1-2;;/h8H,4-7H2,1-3H3;3-7H2,1-2H3;1-2H3;1H2;1H. The number of hydrogen-bond acceptors (Lipinski definition) is 0. The number of rotatable bonds is 8. The summed E-state index contributed by atoms with van der Waals surface area (Å²) in [7, 11) is 0. The summed E-state index contributed by atoms with van der Waals surface area (Å²) < 4.78 is 0. The zero-order valence-corrected chi connectivity index (χ0v) is 14.4. The minimum atomic E-state index is 0. The Morgan fingerprint density at radius 1 is 0.667 bits per heavy atom. The van der Waals surface area contributed by atoms with Gasteiger partial charge in [0.15, 0.2) is 0 Å². The molecule has 0 rings (SSSR count). The lowest BCUT2D eigenvalue weighted by atomic mass is 10.1. The molecule has 0 radical (unpaired) electrons. The number of unbranched alkanes of at least 4 members (excludes halogenated alkanes) is 6. The molecule has 0 aliphatic carbocycles.